The van der Waals surface area contributed by atoms with E-state index in [-0.39, 0.29) is 0 Å². The molecule has 0 radical (unpaired) electrons. The molecule has 0 spiro atoms. The lowest BCUT2D eigenvalue weighted by Gasteiger charge is -2.31. The van der Waals surface area contributed by atoms with Crippen molar-refractivity contribution in [3.63, 3.8) is 0 Å². The van der Waals surface area contributed by atoms with Crippen LogP contribution < -0.4 is 0 Å². The van der Waals surface area contributed by atoms with Crippen LogP contribution in [0.2, 0.25) is 0 Å². The average molecular weight is 319 g/mol. The molecular formula is C16H25N5O2. The van der Waals surface area contributed by atoms with Crippen molar-refractivity contribution < 1.29 is 9.15 Å². The summed E-state index contributed by atoms with van der Waals surface area (Å²) >= 11 is 0. The summed E-state index contributed by atoms with van der Waals surface area (Å²) in [7, 11) is 1.73. The van der Waals surface area contributed by atoms with Gasteiger partial charge in [-0.15, -0.1) is 10.2 Å². The number of piperidine rings is 1. The minimum atomic E-state index is 0.448. The number of nitrogens with zero attached hydrogens (tertiary/aromatic N) is 5. The first kappa shape index (κ1) is 16.1. The number of ether oxygens (including phenoxy) is 1. The Hall–Kier alpha value is -1.73. The highest BCUT2D eigenvalue weighted by Crippen LogP contribution is 2.26. The zero-order valence-electron chi connectivity index (χ0n) is 13.9. The molecule has 1 aliphatic rings. The van der Waals surface area contributed by atoms with Gasteiger partial charge in [0, 0.05) is 44.9 Å². The highest BCUT2D eigenvalue weighted by molar-refractivity contribution is 5.03. The van der Waals surface area contributed by atoms with E-state index in [0.717, 1.165) is 44.8 Å². The Kier molecular flexibility index (Phi) is 5.40. The van der Waals surface area contributed by atoms with Crippen molar-refractivity contribution in [1.29, 1.82) is 0 Å². The van der Waals surface area contributed by atoms with E-state index >= 15 is 0 Å². The zero-order valence-corrected chi connectivity index (χ0v) is 13.9. The second kappa shape index (κ2) is 7.70. The first-order chi connectivity index (χ1) is 11.3. The Balaban J connectivity index is 1.62. The average Bonchev–Trinajstić information content (AvgIpc) is 3.22. The number of methoxy groups -OCH3 is 1. The van der Waals surface area contributed by atoms with Gasteiger partial charge in [0.05, 0.1) is 13.2 Å². The maximum atomic E-state index is 5.64. The number of likely N-dealkylation sites (tertiary alicyclic amines) is 1. The third-order valence-corrected chi connectivity index (χ3v) is 4.32. The van der Waals surface area contributed by atoms with Gasteiger partial charge in [-0.1, -0.05) is 6.92 Å². The van der Waals surface area contributed by atoms with E-state index in [0.29, 0.717) is 24.3 Å². The standard InChI is InChI=1S/C16H25N5O2/c1-3-14-18-19-15(23-14)12-20-7-4-5-13(11-20)16-17-6-8-21(16)9-10-22-2/h6,8,13H,3-5,7,9-12H2,1-2H3. The number of hydrogen-bond donors (Lipinski definition) is 0. The van der Waals surface area contributed by atoms with Crippen LogP contribution in [0.4, 0.5) is 0 Å². The molecule has 0 aliphatic carbocycles. The molecule has 0 bridgehead atoms. The van der Waals surface area contributed by atoms with E-state index in [1.807, 2.05) is 19.3 Å². The molecule has 1 atom stereocenters. The molecule has 23 heavy (non-hydrogen) atoms. The Morgan fingerprint density at radius 2 is 2.22 bits per heavy atom. The minimum Gasteiger partial charge on any atom is -0.424 e. The molecule has 0 amide bonds. The lowest BCUT2D eigenvalue weighted by Crippen LogP contribution is -2.35. The van der Waals surface area contributed by atoms with Crippen molar-refractivity contribution >= 4 is 0 Å². The molecule has 3 heterocycles. The smallest absolute Gasteiger partial charge is 0.230 e. The van der Waals surface area contributed by atoms with Gasteiger partial charge in [-0.3, -0.25) is 4.90 Å². The Bertz CT molecular complexity index is 609. The van der Waals surface area contributed by atoms with Crippen LogP contribution in [0.5, 0.6) is 0 Å². The van der Waals surface area contributed by atoms with E-state index in [9.17, 15) is 0 Å². The molecule has 2 aromatic heterocycles. The molecule has 3 rings (SSSR count). The van der Waals surface area contributed by atoms with Crippen LogP contribution in [0, 0.1) is 0 Å². The summed E-state index contributed by atoms with van der Waals surface area (Å²) in [6, 6.07) is 0. The predicted octanol–water partition coefficient (Wildman–Crippen LogP) is 1.85. The fourth-order valence-corrected chi connectivity index (χ4v) is 3.16. The van der Waals surface area contributed by atoms with E-state index in [1.54, 1.807) is 7.11 Å². The molecule has 1 aliphatic heterocycles. The Morgan fingerprint density at radius 1 is 1.35 bits per heavy atom. The Labute approximate surface area is 136 Å². The summed E-state index contributed by atoms with van der Waals surface area (Å²) in [6.45, 7) is 6.36. The summed E-state index contributed by atoms with van der Waals surface area (Å²) in [5.41, 5.74) is 0. The SMILES string of the molecule is CCc1nnc(CN2CCCC(c3nccn3CCOC)C2)o1. The molecule has 1 saturated heterocycles. The second-order valence-electron chi connectivity index (χ2n) is 5.99. The lowest BCUT2D eigenvalue weighted by molar-refractivity contribution is 0.170. The number of rotatable bonds is 7. The summed E-state index contributed by atoms with van der Waals surface area (Å²) in [6.07, 6.45) is 7.04. The monoisotopic (exact) mass is 319 g/mol. The maximum absolute atomic E-state index is 5.64. The molecule has 7 heteroatoms. The summed E-state index contributed by atoms with van der Waals surface area (Å²) in [5.74, 6) is 3.03. The molecule has 2 aromatic rings. The van der Waals surface area contributed by atoms with Gasteiger partial charge in [-0.25, -0.2) is 4.98 Å². The van der Waals surface area contributed by atoms with Gasteiger partial charge in [-0.2, -0.15) is 0 Å². The fourth-order valence-electron chi connectivity index (χ4n) is 3.16. The number of hydrogen-bond acceptors (Lipinski definition) is 6. The van der Waals surface area contributed by atoms with Gasteiger partial charge in [-0.05, 0) is 19.4 Å². The van der Waals surface area contributed by atoms with Gasteiger partial charge >= 0.3 is 0 Å². The molecule has 0 N–H and O–H groups in total. The normalized spacial score (nSPS) is 19.3. The number of aryl methyl sites for hydroxylation is 1. The van der Waals surface area contributed by atoms with Gasteiger partial charge in [0.15, 0.2) is 0 Å². The largest absolute Gasteiger partial charge is 0.424 e. The molecule has 126 valence electrons. The second-order valence-corrected chi connectivity index (χ2v) is 5.99. The predicted molar refractivity (Wildman–Crippen MR) is 85.0 cm³/mol. The van der Waals surface area contributed by atoms with E-state index < -0.39 is 0 Å². The van der Waals surface area contributed by atoms with E-state index in [1.165, 1.54) is 6.42 Å². The molecular weight excluding hydrogens is 294 g/mol. The molecule has 1 unspecified atom stereocenters. The first-order valence-corrected chi connectivity index (χ1v) is 8.33. The number of imidazole rings is 1. The van der Waals surface area contributed by atoms with Crippen LogP contribution in [0.15, 0.2) is 16.8 Å². The van der Waals surface area contributed by atoms with Gasteiger partial charge in [0.1, 0.15) is 5.82 Å². The van der Waals surface area contributed by atoms with Gasteiger partial charge < -0.3 is 13.7 Å². The van der Waals surface area contributed by atoms with Crippen LogP contribution in [-0.2, 0) is 24.2 Å². The van der Waals surface area contributed by atoms with Crippen molar-refractivity contribution in [3.8, 4) is 0 Å². The van der Waals surface area contributed by atoms with Crippen LogP contribution >= 0.6 is 0 Å². The highest BCUT2D eigenvalue weighted by atomic mass is 16.5. The first-order valence-electron chi connectivity index (χ1n) is 8.33. The van der Waals surface area contributed by atoms with E-state index in [2.05, 4.69) is 24.6 Å². The topological polar surface area (TPSA) is 69.2 Å². The van der Waals surface area contributed by atoms with Crippen molar-refractivity contribution in [2.45, 2.75) is 45.2 Å². The quantitative estimate of drug-likeness (QED) is 0.776. The van der Waals surface area contributed by atoms with Crippen LogP contribution in [0.3, 0.4) is 0 Å². The van der Waals surface area contributed by atoms with Crippen LogP contribution in [-0.4, -0.2) is 51.5 Å². The van der Waals surface area contributed by atoms with E-state index in [4.69, 9.17) is 9.15 Å². The Morgan fingerprint density at radius 3 is 3.00 bits per heavy atom. The molecule has 1 fully saturated rings. The van der Waals surface area contributed by atoms with Crippen molar-refractivity contribution in [2.75, 3.05) is 26.8 Å². The van der Waals surface area contributed by atoms with Crippen molar-refractivity contribution in [1.82, 2.24) is 24.6 Å². The third-order valence-electron chi connectivity index (χ3n) is 4.32. The molecule has 0 saturated carbocycles. The van der Waals surface area contributed by atoms with Crippen LogP contribution in [0.1, 0.15) is 43.3 Å². The fraction of sp³-hybridized carbons (Fsp3) is 0.688. The maximum Gasteiger partial charge on any atom is 0.230 e. The molecule has 7 nitrogen and oxygen atoms in total. The molecule has 0 aromatic carbocycles. The van der Waals surface area contributed by atoms with Gasteiger partial charge in [0.2, 0.25) is 11.8 Å². The van der Waals surface area contributed by atoms with Crippen molar-refractivity contribution in [2.24, 2.45) is 0 Å². The summed E-state index contributed by atoms with van der Waals surface area (Å²) in [4.78, 5) is 6.97. The minimum absolute atomic E-state index is 0.448. The van der Waals surface area contributed by atoms with Crippen LogP contribution in [0.25, 0.3) is 0 Å². The lowest BCUT2D eigenvalue weighted by atomic mass is 9.97. The highest BCUT2D eigenvalue weighted by Gasteiger charge is 2.25. The number of aromatic nitrogens is 4. The summed E-state index contributed by atoms with van der Waals surface area (Å²) < 4.78 is 13.0. The summed E-state index contributed by atoms with van der Waals surface area (Å²) in [5, 5.41) is 8.17. The van der Waals surface area contributed by atoms with Crippen molar-refractivity contribution in [3.05, 3.63) is 30.0 Å². The van der Waals surface area contributed by atoms with Gasteiger partial charge in [0.25, 0.3) is 0 Å². The third kappa shape index (κ3) is 3.97. The zero-order chi connectivity index (χ0) is 16.1.